The topological polar surface area (TPSA) is 74.6 Å². The molecule has 2 rings (SSSR count). The van der Waals surface area contributed by atoms with E-state index in [0.717, 1.165) is 11.1 Å². The maximum absolute atomic E-state index is 11.1. The van der Waals surface area contributed by atoms with Gasteiger partial charge in [-0.2, -0.15) is 0 Å². The molecular weight excluding hydrogens is 184 g/mol. The highest BCUT2D eigenvalue weighted by Gasteiger charge is 2.76. The number of carboxylic acid groups (broad SMARTS) is 2. The summed E-state index contributed by atoms with van der Waals surface area (Å²) in [4.78, 5) is 22.3. The minimum absolute atomic E-state index is 0.456. The third-order valence-corrected chi connectivity index (χ3v) is 4.18. The van der Waals surface area contributed by atoms with Crippen LogP contribution in [-0.2, 0) is 9.59 Å². The van der Waals surface area contributed by atoms with E-state index in [1.807, 2.05) is 0 Å². The maximum atomic E-state index is 11.1. The second kappa shape index (κ2) is 2.19. The fourth-order valence-electron chi connectivity index (χ4n) is 3.12. The lowest BCUT2D eigenvalue weighted by molar-refractivity contribution is -0.188. The molecule has 2 unspecified atom stereocenters. The van der Waals surface area contributed by atoms with Gasteiger partial charge in [0.15, 0.2) is 0 Å². The minimum Gasteiger partial charge on any atom is -0.481 e. The van der Waals surface area contributed by atoms with Crippen LogP contribution in [0.25, 0.3) is 0 Å². The SMILES string of the molecule is CC1=C(C)C2(C(=O)O)CCC12C(=O)O. The molecule has 2 aliphatic rings. The Hall–Kier alpha value is -1.32. The molecule has 0 aromatic carbocycles. The van der Waals surface area contributed by atoms with Gasteiger partial charge in [-0.05, 0) is 26.7 Å². The van der Waals surface area contributed by atoms with Gasteiger partial charge in [0.25, 0.3) is 0 Å². The maximum Gasteiger partial charge on any atom is 0.315 e. The normalized spacial score (nSPS) is 39.6. The molecule has 0 saturated heterocycles. The van der Waals surface area contributed by atoms with Crippen molar-refractivity contribution in [3.05, 3.63) is 11.1 Å². The van der Waals surface area contributed by atoms with Crippen molar-refractivity contribution in [3.8, 4) is 0 Å². The van der Waals surface area contributed by atoms with E-state index in [0.29, 0.717) is 12.8 Å². The molecular formula is C10H12O4. The molecule has 0 aliphatic heterocycles. The van der Waals surface area contributed by atoms with Crippen LogP contribution in [0, 0.1) is 10.8 Å². The van der Waals surface area contributed by atoms with Crippen LogP contribution in [0.3, 0.4) is 0 Å². The fraction of sp³-hybridized carbons (Fsp3) is 0.600. The number of hydrogen-bond donors (Lipinski definition) is 2. The van der Waals surface area contributed by atoms with Crippen molar-refractivity contribution < 1.29 is 19.8 Å². The summed E-state index contributed by atoms with van der Waals surface area (Å²) in [6.07, 6.45) is 0.912. The Morgan fingerprint density at radius 2 is 1.29 bits per heavy atom. The monoisotopic (exact) mass is 196 g/mol. The van der Waals surface area contributed by atoms with Crippen molar-refractivity contribution >= 4 is 11.9 Å². The quantitative estimate of drug-likeness (QED) is 0.652. The van der Waals surface area contributed by atoms with Gasteiger partial charge < -0.3 is 10.2 Å². The van der Waals surface area contributed by atoms with Crippen molar-refractivity contribution in [1.82, 2.24) is 0 Å². The van der Waals surface area contributed by atoms with Crippen LogP contribution in [0.15, 0.2) is 11.1 Å². The lowest BCUT2D eigenvalue weighted by Gasteiger charge is -2.63. The smallest absolute Gasteiger partial charge is 0.315 e. The number of aliphatic carboxylic acids is 2. The Bertz CT molecular complexity index is 346. The summed E-state index contributed by atoms with van der Waals surface area (Å²) in [5.41, 5.74) is -0.719. The summed E-state index contributed by atoms with van der Waals surface area (Å²) in [6, 6.07) is 0. The number of hydrogen-bond acceptors (Lipinski definition) is 2. The molecule has 14 heavy (non-hydrogen) atoms. The van der Waals surface area contributed by atoms with Crippen LogP contribution in [0.1, 0.15) is 26.7 Å². The van der Waals surface area contributed by atoms with Crippen molar-refractivity contribution in [2.45, 2.75) is 26.7 Å². The number of rotatable bonds is 2. The molecule has 2 N–H and O–H groups in total. The predicted octanol–water partition coefficient (Wildman–Crippen LogP) is 1.27. The van der Waals surface area contributed by atoms with Crippen LogP contribution >= 0.6 is 0 Å². The molecule has 2 aliphatic carbocycles. The largest absolute Gasteiger partial charge is 0.481 e. The highest BCUT2D eigenvalue weighted by atomic mass is 16.4. The van der Waals surface area contributed by atoms with E-state index in [9.17, 15) is 9.59 Å². The molecule has 0 aromatic rings. The molecule has 76 valence electrons. The molecule has 0 spiro atoms. The molecule has 1 fully saturated rings. The third-order valence-electron chi connectivity index (χ3n) is 4.18. The summed E-state index contributed by atoms with van der Waals surface area (Å²) >= 11 is 0. The van der Waals surface area contributed by atoms with Crippen molar-refractivity contribution in [1.29, 1.82) is 0 Å². The highest BCUT2D eigenvalue weighted by molar-refractivity contribution is 5.98. The van der Waals surface area contributed by atoms with Crippen LogP contribution in [0.4, 0.5) is 0 Å². The number of carbonyl (C=O) groups is 2. The van der Waals surface area contributed by atoms with Crippen LogP contribution in [-0.4, -0.2) is 22.2 Å². The van der Waals surface area contributed by atoms with Gasteiger partial charge in [-0.15, -0.1) is 0 Å². The summed E-state index contributed by atoms with van der Waals surface area (Å²) in [5.74, 6) is -1.98. The fourth-order valence-corrected chi connectivity index (χ4v) is 3.12. The van der Waals surface area contributed by atoms with Gasteiger partial charge in [-0.25, -0.2) is 0 Å². The molecule has 0 amide bonds. The first kappa shape index (κ1) is 9.24. The average Bonchev–Trinajstić information content (AvgIpc) is 2.01. The molecule has 0 heterocycles. The van der Waals surface area contributed by atoms with E-state index in [1.165, 1.54) is 0 Å². The third kappa shape index (κ3) is 0.549. The molecule has 0 bridgehead atoms. The van der Waals surface area contributed by atoms with Gasteiger partial charge in [-0.3, -0.25) is 9.59 Å². The van der Waals surface area contributed by atoms with E-state index in [4.69, 9.17) is 10.2 Å². The first-order chi connectivity index (χ1) is 6.41. The van der Waals surface area contributed by atoms with Gasteiger partial charge in [0.1, 0.15) is 10.8 Å². The summed E-state index contributed by atoms with van der Waals surface area (Å²) in [7, 11) is 0. The minimum atomic E-state index is -1.09. The van der Waals surface area contributed by atoms with Gasteiger partial charge in [0, 0.05) is 0 Å². The average molecular weight is 196 g/mol. The zero-order chi connectivity index (χ0) is 10.7. The van der Waals surface area contributed by atoms with Crippen molar-refractivity contribution in [2.24, 2.45) is 10.8 Å². The Morgan fingerprint density at radius 1 is 1.00 bits per heavy atom. The van der Waals surface area contributed by atoms with E-state index >= 15 is 0 Å². The lowest BCUT2D eigenvalue weighted by Crippen LogP contribution is -2.67. The molecule has 4 heteroatoms. The second-order valence-electron chi connectivity index (χ2n) is 4.17. The standard InChI is InChI=1S/C10H12O4/c1-5-6(2)10(8(13)14)4-3-9(5,10)7(11)12/h3-4H2,1-2H3,(H,11,12)(H,13,14). The highest BCUT2D eigenvalue weighted by Crippen LogP contribution is 2.72. The van der Waals surface area contributed by atoms with E-state index < -0.39 is 22.8 Å². The number of fused-ring (bicyclic) bond motifs is 1. The predicted molar refractivity (Wildman–Crippen MR) is 47.7 cm³/mol. The Balaban J connectivity index is 2.58. The first-order valence-electron chi connectivity index (χ1n) is 4.56. The molecule has 4 nitrogen and oxygen atoms in total. The van der Waals surface area contributed by atoms with Crippen LogP contribution in [0.2, 0.25) is 0 Å². The van der Waals surface area contributed by atoms with Gasteiger partial charge in [0.2, 0.25) is 0 Å². The molecule has 0 radical (unpaired) electrons. The van der Waals surface area contributed by atoms with Crippen molar-refractivity contribution in [2.75, 3.05) is 0 Å². The lowest BCUT2D eigenvalue weighted by atomic mass is 9.36. The van der Waals surface area contributed by atoms with E-state index in [2.05, 4.69) is 0 Å². The van der Waals surface area contributed by atoms with Crippen molar-refractivity contribution in [3.63, 3.8) is 0 Å². The summed E-state index contributed by atoms with van der Waals surface area (Å²) in [6.45, 7) is 3.45. The van der Waals surface area contributed by atoms with E-state index in [-0.39, 0.29) is 0 Å². The van der Waals surface area contributed by atoms with Crippen LogP contribution < -0.4 is 0 Å². The van der Waals surface area contributed by atoms with Crippen LogP contribution in [0.5, 0.6) is 0 Å². The number of carboxylic acids is 2. The van der Waals surface area contributed by atoms with Gasteiger partial charge in [0.05, 0.1) is 0 Å². The zero-order valence-corrected chi connectivity index (χ0v) is 8.13. The van der Waals surface area contributed by atoms with Gasteiger partial charge in [-0.1, -0.05) is 11.1 Å². The zero-order valence-electron chi connectivity index (χ0n) is 8.13. The Kier molecular flexibility index (Phi) is 1.44. The summed E-state index contributed by atoms with van der Waals surface area (Å²) < 4.78 is 0. The van der Waals surface area contributed by atoms with Gasteiger partial charge >= 0.3 is 11.9 Å². The Morgan fingerprint density at radius 3 is 1.43 bits per heavy atom. The Labute approximate surface area is 81.2 Å². The second-order valence-corrected chi connectivity index (χ2v) is 4.17. The first-order valence-corrected chi connectivity index (χ1v) is 4.56. The van der Waals surface area contributed by atoms with E-state index in [1.54, 1.807) is 13.8 Å². The molecule has 1 saturated carbocycles. The molecule has 2 atom stereocenters. The molecule has 0 aromatic heterocycles. The summed E-state index contributed by atoms with van der Waals surface area (Å²) in [5, 5.41) is 18.2.